The Bertz CT molecular complexity index is 377. The van der Waals surface area contributed by atoms with Gasteiger partial charge >= 0.3 is 114 Å². The van der Waals surface area contributed by atoms with Crippen LogP contribution < -0.4 is 26.5 Å². The van der Waals surface area contributed by atoms with Crippen molar-refractivity contribution in [2.75, 3.05) is 11.5 Å². The first-order chi connectivity index (χ1) is 7.38. The second kappa shape index (κ2) is 4.25. The quantitative estimate of drug-likeness (QED) is 0.459. The number of nitrogens with one attached hydrogen (secondary N) is 1. The molecule has 3 heteroatoms. The molecule has 0 bridgehead atoms. The SMILES string of the molecule is C[I-]C(C)(C)c1ccc(C(C)(C)C2CN2)s1. The average Bonchev–Trinajstić information content (AvgIpc) is 2.95. The number of rotatable bonds is 4. The standard InChI is InChI=1S/C13H21INS/c1-12(2,9-8-15-9)10-6-7-11(16-10)13(3,4)14-5/h6-7,9,15H,8H2,1-5H3/q-1. The number of thiophene rings is 1. The molecule has 1 aromatic rings. The molecule has 92 valence electrons. The molecule has 1 aromatic heterocycles. The molecule has 0 amide bonds. The van der Waals surface area contributed by atoms with Crippen LogP contribution in [0.15, 0.2) is 12.1 Å². The van der Waals surface area contributed by atoms with Crippen LogP contribution >= 0.6 is 11.3 Å². The van der Waals surface area contributed by atoms with E-state index in [2.05, 4.69) is 50.1 Å². The maximum absolute atomic E-state index is 3.45. The molecule has 1 aliphatic rings. The Morgan fingerprint density at radius 2 is 1.81 bits per heavy atom. The fourth-order valence-electron chi connectivity index (χ4n) is 1.84. The molecule has 1 nitrogen and oxygen atoms in total. The molecule has 1 aliphatic heterocycles. The van der Waals surface area contributed by atoms with Crippen LogP contribution in [-0.4, -0.2) is 17.5 Å². The van der Waals surface area contributed by atoms with Crippen LogP contribution in [0.3, 0.4) is 0 Å². The third-order valence-electron chi connectivity index (χ3n) is 3.58. The molecule has 16 heavy (non-hydrogen) atoms. The zero-order valence-corrected chi connectivity index (χ0v) is 13.7. The fraction of sp³-hybridized carbons (Fsp3) is 0.692. The Kier molecular flexibility index (Phi) is 3.41. The third-order valence-corrected chi connectivity index (χ3v) is 8.97. The maximum atomic E-state index is 3.45. The molecule has 0 radical (unpaired) electrons. The van der Waals surface area contributed by atoms with Gasteiger partial charge in [-0.25, -0.2) is 0 Å². The molecule has 1 unspecified atom stereocenters. The van der Waals surface area contributed by atoms with Crippen LogP contribution in [-0.2, 0) is 8.84 Å². The summed E-state index contributed by atoms with van der Waals surface area (Å²) in [5.41, 5.74) is 0.311. The molecule has 2 heterocycles. The van der Waals surface area contributed by atoms with E-state index in [9.17, 15) is 0 Å². The van der Waals surface area contributed by atoms with Crippen molar-refractivity contribution < 1.29 is 21.2 Å². The zero-order valence-electron chi connectivity index (χ0n) is 10.7. The summed E-state index contributed by atoms with van der Waals surface area (Å²) >= 11 is 2.28. The van der Waals surface area contributed by atoms with Gasteiger partial charge in [0.2, 0.25) is 0 Å². The molecule has 0 aromatic carbocycles. The number of hydrogen-bond donors (Lipinski definition) is 1. The molecule has 1 atom stereocenters. The topological polar surface area (TPSA) is 21.9 Å². The van der Waals surface area contributed by atoms with Crippen molar-refractivity contribution in [2.24, 2.45) is 0 Å². The van der Waals surface area contributed by atoms with E-state index in [-0.39, 0.29) is 21.2 Å². The second-order valence-electron chi connectivity index (χ2n) is 5.51. The van der Waals surface area contributed by atoms with Gasteiger partial charge < -0.3 is 0 Å². The molecule has 2 rings (SSSR count). The molecular formula is C13H21INS-. The molecule has 0 aliphatic carbocycles. The molecule has 1 N–H and O–H groups in total. The van der Waals surface area contributed by atoms with Crippen LogP contribution in [0.5, 0.6) is 0 Å². The summed E-state index contributed by atoms with van der Waals surface area (Å²) in [5, 5.41) is 3.45. The summed E-state index contributed by atoms with van der Waals surface area (Å²) in [6.07, 6.45) is 0. The van der Waals surface area contributed by atoms with E-state index in [1.165, 1.54) is 6.54 Å². The van der Waals surface area contributed by atoms with Crippen molar-refractivity contribution in [3.8, 4) is 0 Å². The fourth-order valence-corrected chi connectivity index (χ4v) is 4.55. The normalized spacial score (nSPS) is 21.4. The van der Waals surface area contributed by atoms with Crippen LogP contribution in [0.2, 0.25) is 0 Å². The Hall–Kier alpha value is 0.390. The second-order valence-corrected chi connectivity index (χ2v) is 10.4. The van der Waals surface area contributed by atoms with Gasteiger partial charge in [0.25, 0.3) is 0 Å². The van der Waals surface area contributed by atoms with Gasteiger partial charge in [-0.3, -0.25) is 0 Å². The Morgan fingerprint density at radius 3 is 2.31 bits per heavy atom. The van der Waals surface area contributed by atoms with E-state index in [0.29, 0.717) is 14.9 Å². The number of hydrogen-bond acceptors (Lipinski definition) is 2. The van der Waals surface area contributed by atoms with Crippen LogP contribution in [0.1, 0.15) is 37.4 Å². The monoisotopic (exact) mass is 350 g/mol. The van der Waals surface area contributed by atoms with Gasteiger partial charge in [0, 0.05) is 0 Å². The first-order valence-corrected chi connectivity index (χ1v) is 9.78. The van der Waals surface area contributed by atoms with E-state index in [0.717, 1.165) is 0 Å². The number of alkyl halides is 2. The Balaban J connectivity index is 2.25. The zero-order chi connectivity index (χ0) is 12.0. The van der Waals surface area contributed by atoms with Crippen molar-refractivity contribution in [1.29, 1.82) is 0 Å². The van der Waals surface area contributed by atoms with Gasteiger partial charge in [-0.2, -0.15) is 0 Å². The van der Waals surface area contributed by atoms with E-state index in [1.54, 1.807) is 9.75 Å². The number of halogens is 1. The van der Waals surface area contributed by atoms with Gasteiger partial charge in [-0.05, 0) is 0 Å². The average molecular weight is 350 g/mol. The predicted octanol–water partition coefficient (Wildman–Crippen LogP) is -0.0486. The minimum absolute atomic E-state index is 0.254. The minimum atomic E-state index is 0.254. The van der Waals surface area contributed by atoms with Crippen LogP contribution in [0.25, 0.3) is 0 Å². The van der Waals surface area contributed by atoms with Gasteiger partial charge in [-0.15, -0.1) is 0 Å². The molecular weight excluding hydrogens is 329 g/mol. The van der Waals surface area contributed by atoms with Crippen molar-refractivity contribution >= 4 is 11.3 Å². The summed E-state index contributed by atoms with van der Waals surface area (Å²) in [4.78, 5) is 5.50. The van der Waals surface area contributed by atoms with E-state index in [1.807, 2.05) is 11.3 Å². The van der Waals surface area contributed by atoms with Crippen LogP contribution in [0, 0.1) is 0 Å². The summed E-state index contributed by atoms with van der Waals surface area (Å²) in [7, 11) is 0. The first kappa shape index (κ1) is 12.8. The van der Waals surface area contributed by atoms with Gasteiger partial charge in [-0.1, -0.05) is 0 Å². The summed E-state index contributed by atoms with van der Waals surface area (Å²) in [6, 6.07) is 5.40. The molecule has 1 saturated heterocycles. The van der Waals surface area contributed by atoms with E-state index >= 15 is 0 Å². The molecule has 0 spiro atoms. The Labute approximate surface area is 113 Å². The van der Waals surface area contributed by atoms with Crippen molar-refractivity contribution in [3.63, 3.8) is 0 Å². The van der Waals surface area contributed by atoms with Gasteiger partial charge in [0.05, 0.1) is 0 Å². The molecule has 0 saturated carbocycles. The van der Waals surface area contributed by atoms with Crippen LogP contribution in [0.4, 0.5) is 0 Å². The van der Waals surface area contributed by atoms with Crippen molar-refractivity contribution in [1.82, 2.24) is 5.32 Å². The van der Waals surface area contributed by atoms with E-state index < -0.39 is 0 Å². The summed E-state index contributed by atoms with van der Waals surface area (Å²) < 4.78 is 0.439. The Morgan fingerprint density at radius 1 is 1.25 bits per heavy atom. The van der Waals surface area contributed by atoms with Gasteiger partial charge in [0.15, 0.2) is 0 Å². The third kappa shape index (κ3) is 2.31. The summed E-state index contributed by atoms with van der Waals surface area (Å²) in [5.74, 6) is 0. The predicted molar refractivity (Wildman–Crippen MR) is 68.1 cm³/mol. The van der Waals surface area contributed by atoms with Crippen molar-refractivity contribution in [2.45, 2.75) is 42.6 Å². The molecule has 1 fully saturated rings. The van der Waals surface area contributed by atoms with Gasteiger partial charge in [0.1, 0.15) is 0 Å². The van der Waals surface area contributed by atoms with E-state index in [4.69, 9.17) is 0 Å². The van der Waals surface area contributed by atoms with Crippen molar-refractivity contribution in [3.05, 3.63) is 21.9 Å². The first-order valence-electron chi connectivity index (χ1n) is 5.73. The summed E-state index contributed by atoms with van der Waals surface area (Å²) in [6.45, 7) is 10.7.